The average molecular weight is 365 g/mol. The van der Waals surface area contributed by atoms with Crippen LogP contribution in [-0.2, 0) is 22.6 Å². The number of nitrogens with one attached hydrogen (secondary N) is 1. The Balaban J connectivity index is 2.77. The largest absolute Gasteiger partial charge is 0.416 e. The predicted octanol–water partition coefficient (Wildman–Crippen LogP) is 2.15. The van der Waals surface area contributed by atoms with Gasteiger partial charge in [0.1, 0.15) is 9.84 Å². The Labute approximate surface area is 140 Å². The zero-order valence-electron chi connectivity index (χ0n) is 13.9. The summed E-state index contributed by atoms with van der Waals surface area (Å²) in [7, 11) is -1.36. The van der Waals surface area contributed by atoms with Crippen LogP contribution in [0.15, 0.2) is 29.3 Å². The molecule has 9 heteroatoms. The van der Waals surface area contributed by atoms with Crippen LogP contribution in [0.2, 0.25) is 0 Å². The lowest BCUT2D eigenvalue weighted by Crippen LogP contribution is -2.38. The molecule has 0 heterocycles. The third-order valence-electron chi connectivity index (χ3n) is 3.12. The van der Waals surface area contributed by atoms with Crippen LogP contribution in [0.4, 0.5) is 13.2 Å². The van der Waals surface area contributed by atoms with Gasteiger partial charge < -0.3 is 10.2 Å². The molecule has 0 bridgehead atoms. The Morgan fingerprint density at radius 1 is 1.25 bits per heavy atom. The van der Waals surface area contributed by atoms with Gasteiger partial charge in [-0.1, -0.05) is 12.1 Å². The molecule has 0 aromatic heterocycles. The van der Waals surface area contributed by atoms with Gasteiger partial charge in [0.2, 0.25) is 0 Å². The minimum atomic E-state index is -4.35. The van der Waals surface area contributed by atoms with E-state index in [9.17, 15) is 21.6 Å². The minimum Gasteiger partial charge on any atom is -0.357 e. The van der Waals surface area contributed by atoms with Crippen molar-refractivity contribution < 1.29 is 21.6 Å². The smallest absolute Gasteiger partial charge is 0.357 e. The molecule has 0 aliphatic rings. The van der Waals surface area contributed by atoms with Gasteiger partial charge >= 0.3 is 6.18 Å². The zero-order valence-corrected chi connectivity index (χ0v) is 14.7. The monoisotopic (exact) mass is 365 g/mol. The fraction of sp³-hybridized carbons (Fsp3) is 0.533. The second-order valence-electron chi connectivity index (χ2n) is 5.42. The lowest BCUT2D eigenvalue weighted by atomic mass is 10.1. The Bertz CT molecular complexity index is 656. The summed E-state index contributed by atoms with van der Waals surface area (Å²) in [4.78, 5) is 5.95. The maximum atomic E-state index is 12.6. The molecule has 0 saturated carbocycles. The van der Waals surface area contributed by atoms with Crippen LogP contribution in [0.25, 0.3) is 0 Å². The van der Waals surface area contributed by atoms with Crippen LogP contribution in [0.1, 0.15) is 18.1 Å². The van der Waals surface area contributed by atoms with Crippen LogP contribution in [-0.4, -0.2) is 51.4 Å². The molecule has 1 aromatic rings. The van der Waals surface area contributed by atoms with Crippen molar-refractivity contribution in [1.82, 2.24) is 10.2 Å². The maximum absolute atomic E-state index is 12.6. The third kappa shape index (κ3) is 7.20. The minimum absolute atomic E-state index is 0.0595. The molecule has 0 amide bonds. The van der Waals surface area contributed by atoms with Gasteiger partial charge in [-0.05, 0) is 24.6 Å². The number of halogens is 3. The lowest BCUT2D eigenvalue weighted by Gasteiger charge is -2.22. The summed E-state index contributed by atoms with van der Waals surface area (Å²) in [5, 5.41) is 3.03. The summed E-state index contributed by atoms with van der Waals surface area (Å²) in [6.45, 7) is 2.94. The van der Waals surface area contributed by atoms with Crippen molar-refractivity contribution in [2.24, 2.45) is 4.99 Å². The number of rotatable bonds is 6. The van der Waals surface area contributed by atoms with Crippen molar-refractivity contribution in [3.8, 4) is 0 Å². The summed E-state index contributed by atoms with van der Waals surface area (Å²) in [5.41, 5.74) is 0.00171. The first-order valence-corrected chi connectivity index (χ1v) is 9.42. The van der Waals surface area contributed by atoms with Gasteiger partial charge in [0.15, 0.2) is 5.96 Å². The highest BCUT2D eigenvalue weighted by Gasteiger charge is 2.29. The van der Waals surface area contributed by atoms with E-state index in [1.807, 2.05) is 6.92 Å². The van der Waals surface area contributed by atoms with E-state index in [0.717, 1.165) is 18.4 Å². The van der Waals surface area contributed by atoms with E-state index in [-0.39, 0.29) is 12.3 Å². The average Bonchev–Trinajstić information content (AvgIpc) is 2.44. The molecule has 0 saturated heterocycles. The number of hydrogen-bond acceptors (Lipinski definition) is 3. The summed E-state index contributed by atoms with van der Waals surface area (Å²) in [5.74, 6) is 0.441. The predicted molar refractivity (Wildman–Crippen MR) is 88.6 cm³/mol. The Morgan fingerprint density at radius 3 is 2.29 bits per heavy atom. The first-order valence-electron chi connectivity index (χ1n) is 7.36. The Kier molecular flexibility index (Phi) is 7.07. The SMILES string of the molecule is CCNC(=NCCS(C)(=O)=O)N(C)Cc1ccc(C(F)(F)F)cc1. The first-order chi connectivity index (χ1) is 11.0. The molecule has 24 heavy (non-hydrogen) atoms. The fourth-order valence-electron chi connectivity index (χ4n) is 1.93. The van der Waals surface area contributed by atoms with E-state index in [2.05, 4.69) is 10.3 Å². The highest BCUT2D eigenvalue weighted by atomic mass is 32.2. The number of benzene rings is 1. The second-order valence-corrected chi connectivity index (χ2v) is 7.68. The van der Waals surface area contributed by atoms with Crippen LogP contribution in [0, 0.1) is 0 Å². The van der Waals surface area contributed by atoms with Gasteiger partial charge in [-0.3, -0.25) is 4.99 Å². The highest BCUT2D eigenvalue weighted by molar-refractivity contribution is 7.90. The van der Waals surface area contributed by atoms with Crippen molar-refractivity contribution in [1.29, 1.82) is 0 Å². The third-order valence-corrected chi connectivity index (χ3v) is 4.05. The van der Waals surface area contributed by atoms with Gasteiger partial charge in [-0.15, -0.1) is 0 Å². The van der Waals surface area contributed by atoms with Gasteiger partial charge in [-0.2, -0.15) is 13.2 Å². The molecule has 5 nitrogen and oxygen atoms in total. The molecule has 0 radical (unpaired) electrons. The number of alkyl halides is 3. The molecule has 1 aromatic carbocycles. The molecule has 0 atom stereocenters. The lowest BCUT2D eigenvalue weighted by molar-refractivity contribution is -0.137. The summed E-state index contributed by atoms with van der Waals surface area (Å²) in [6, 6.07) is 4.91. The summed E-state index contributed by atoms with van der Waals surface area (Å²) >= 11 is 0. The molecular formula is C15H22F3N3O2S. The van der Waals surface area contributed by atoms with Gasteiger partial charge in [0, 0.05) is 26.4 Å². The Morgan fingerprint density at radius 2 is 1.83 bits per heavy atom. The fourth-order valence-corrected chi connectivity index (χ4v) is 2.36. The van der Waals surface area contributed by atoms with Crippen LogP contribution in [0.3, 0.4) is 0 Å². The molecule has 0 spiro atoms. The van der Waals surface area contributed by atoms with Gasteiger partial charge in [-0.25, -0.2) is 8.42 Å². The molecule has 1 rings (SSSR count). The van der Waals surface area contributed by atoms with Crippen molar-refractivity contribution >= 4 is 15.8 Å². The molecule has 0 aliphatic carbocycles. The highest BCUT2D eigenvalue weighted by Crippen LogP contribution is 2.29. The molecular weight excluding hydrogens is 343 g/mol. The van der Waals surface area contributed by atoms with Gasteiger partial charge in [0.25, 0.3) is 0 Å². The summed E-state index contributed by atoms with van der Waals surface area (Å²) in [6.07, 6.45) is -3.21. The van der Waals surface area contributed by atoms with Crippen molar-refractivity contribution in [3.63, 3.8) is 0 Å². The zero-order chi connectivity index (χ0) is 18.4. The van der Waals surface area contributed by atoms with E-state index < -0.39 is 21.6 Å². The van der Waals surface area contributed by atoms with E-state index in [1.165, 1.54) is 12.1 Å². The number of aliphatic imine (C=N–C) groups is 1. The molecule has 1 N–H and O–H groups in total. The van der Waals surface area contributed by atoms with Crippen LogP contribution < -0.4 is 5.32 Å². The van der Waals surface area contributed by atoms with Gasteiger partial charge in [0.05, 0.1) is 17.9 Å². The van der Waals surface area contributed by atoms with Crippen LogP contribution >= 0.6 is 0 Å². The van der Waals surface area contributed by atoms with Crippen LogP contribution in [0.5, 0.6) is 0 Å². The molecule has 0 fully saturated rings. The maximum Gasteiger partial charge on any atom is 0.416 e. The normalized spacial score (nSPS) is 13.0. The number of hydrogen-bond donors (Lipinski definition) is 1. The molecule has 0 aliphatic heterocycles. The standard InChI is InChI=1S/C15H22F3N3O2S/c1-4-19-14(20-9-10-24(3,22)23)21(2)11-12-5-7-13(8-6-12)15(16,17)18/h5-8H,4,9-11H2,1-3H3,(H,19,20). The van der Waals surface area contributed by atoms with E-state index >= 15 is 0 Å². The number of guanidine groups is 1. The topological polar surface area (TPSA) is 61.8 Å². The van der Waals surface area contributed by atoms with Crippen molar-refractivity contribution in [2.45, 2.75) is 19.6 Å². The van der Waals surface area contributed by atoms with Crippen molar-refractivity contribution in [2.75, 3.05) is 32.1 Å². The van der Waals surface area contributed by atoms with E-state index in [0.29, 0.717) is 24.6 Å². The quantitative estimate of drug-likeness (QED) is 0.620. The summed E-state index contributed by atoms with van der Waals surface area (Å²) < 4.78 is 60.0. The molecule has 0 unspecified atom stereocenters. The molecule has 136 valence electrons. The first kappa shape index (κ1) is 20.3. The second kappa shape index (κ2) is 8.36. The Hall–Kier alpha value is -1.77. The van der Waals surface area contributed by atoms with E-state index in [4.69, 9.17) is 0 Å². The van der Waals surface area contributed by atoms with Crippen molar-refractivity contribution in [3.05, 3.63) is 35.4 Å². The number of nitrogens with zero attached hydrogens (tertiary/aromatic N) is 2. The van der Waals surface area contributed by atoms with E-state index in [1.54, 1.807) is 11.9 Å². The number of sulfone groups is 1.